The van der Waals surface area contributed by atoms with Crippen LogP contribution in [0.5, 0.6) is 0 Å². The third-order valence-corrected chi connectivity index (χ3v) is 8.45. The maximum atomic E-state index is 14.2. The average molecular weight is 579 g/mol. The van der Waals surface area contributed by atoms with Crippen molar-refractivity contribution >= 4 is 34.8 Å². The highest BCUT2D eigenvalue weighted by molar-refractivity contribution is 6.31. The van der Waals surface area contributed by atoms with E-state index in [1.807, 2.05) is 53.4 Å². The van der Waals surface area contributed by atoms with E-state index in [0.29, 0.717) is 49.7 Å². The van der Waals surface area contributed by atoms with Gasteiger partial charge in [0.25, 0.3) is 5.91 Å². The highest BCUT2D eigenvalue weighted by Crippen LogP contribution is 2.30. The van der Waals surface area contributed by atoms with E-state index in [4.69, 9.17) is 11.6 Å². The molecule has 1 radical (unpaired) electrons. The fraction of sp³-hybridized carbons (Fsp3) is 0.235. The maximum Gasteiger partial charge on any atom is 0.257 e. The second kappa shape index (κ2) is 12.8. The zero-order valence-corrected chi connectivity index (χ0v) is 24.1. The average Bonchev–Trinajstić information content (AvgIpc) is 3.04. The van der Waals surface area contributed by atoms with Crippen molar-refractivity contribution in [3.05, 3.63) is 131 Å². The molecule has 8 heteroatoms. The van der Waals surface area contributed by atoms with Crippen molar-refractivity contribution in [2.24, 2.45) is 0 Å². The number of piperazine rings is 1. The van der Waals surface area contributed by atoms with Gasteiger partial charge in [0.2, 0.25) is 5.91 Å². The third kappa shape index (κ3) is 6.17. The van der Waals surface area contributed by atoms with Gasteiger partial charge in [-0.15, -0.1) is 0 Å². The highest BCUT2D eigenvalue weighted by Gasteiger charge is 2.34. The van der Waals surface area contributed by atoms with E-state index in [2.05, 4.69) is 50.9 Å². The quantitative estimate of drug-likeness (QED) is 0.315. The van der Waals surface area contributed by atoms with Crippen molar-refractivity contribution in [1.82, 2.24) is 14.8 Å². The molecule has 42 heavy (non-hydrogen) atoms. The number of anilines is 2. The van der Waals surface area contributed by atoms with Crippen molar-refractivity contribution in [1.29, 1.82) is 0 Å². The van der Waals surface area contributed by atoms with Gasteiger partial charge >= 0.3 is 0 Å². The summed E-state index contributed by atoms with van der Waals surface area (Å²) in [6.45, 7) is 5.37. The number of halogens is 1. The van der Waals surface area contributed by atoms with Crippen LogP contribution < -0.4 is 10.2 Å². The first kappa shape index (κ1) is 27.9. The van der Waals surface area contributed by atoms with Gasteiger partial charge in [0.1, 0.15) is 0 Å². The van der Waals surface area contributed by atoms with Crippen molar-refractivity contribution in [2.75, 3.05) is 36.4 Å². The number of aromatic nitrogens is 1. The standard InChI is InChI=1S/C34H33ClN5O2/c35-29-12-4-3-9-26(29)22-32(40-17-15-25-8-1-2-10-28(25)24-40)34(42)39-20-18-38(19-21-39)31-14-6-5-13-30(31)37-33(41)27-11-7-16-36-23-27/h1-14,16-17,23,32H,15,18-22,24H2,(H,37,41)/t32-/m1/s1. The largest absolute Gasteiger partial charge is 0.366 e. The lowest BCUT2D eigenvalue weighted by molar-refractivity contribution is -0.137. The van der Waals surface area contributed by atoms with Gasteiger partial charge in [-0.25, -0.2) is 0 Å². The first-order valence-corrected chi connectivity index (χ1v) is 14.7. The van der Waals surface area contributed by atoms with E-state index < -0.39 is 0 Å². The van der Waals surface area contributed by atoms with Crippen LogP contribution in [0.1, 0.15) is 27.0 Å². The molecular formula is C34H33ClN5O2. The van der Waals surface area contributed by atoms with Crippen molar-refractivity contribution in [3.8, 4) is 0 Å². The van der Waals surface area contributed by atoms with Gasteiger partial charge in [-0.05, 0) is 59.9 Å². The SMILES string of the molecule is O=C(Nc1ccccc1N1CCN(C(=O)[C@@H](Cc2ccccc2Cl)N2[CH]Cc3ccccc3C2)CC1)c1cccnc1. The van der Waals surface area contributed by atoms with Crippen LogP contribution in [0.25, 0.3) is 0 Å². The highest BCUT2D eigenvalue weighted by atomic mass is 35.5. The van der Waals surface area contributed by atoms with E-state index in [1.165, 1.54) is 11.1 Å². The molecule has 2 amide bonds. The summed E-state index contributed by atoms with van der Waals surface area (Å²) in [5.74, 6) is -0.0884. The fourth-order valence-corrected chi connectivity index (χ4v) is 5.98. The van der Waals surface area contributed by atoms with Crippen LogP contribution in [0.2, 0.25) is 5.02 Å². The molecule has 1 fully saturated rings. The number of amides is 2. The topological polar surface area (TPSA) is 68.8 Å². The fourth-order valence-electron chi connectivity index (χ4n) is 5.77. The van der Waals surface area contributed by atoms with Crippen LogP contribution in [0, 0.1) is 6.54 Å². The lowest BCUT2D eigenvalue weighted by Crippen LogP contribution is -2.55. The Morgan fingerprint density at radius 3 is 2.38 bits per heavy atom. The van der Waals surface area contributed by atoms with Crippen LogP contribution in [-0.2, 0) is 24.2 Å². The number of carbonyl (C=O) groups excluding carboxylic acids is 2. The normalized spacial score (nSPS) is 16.0. The van der Waals surface area contributed by atoms with E-state index in [1.54, 1.807) is 24.5 Å². The first-order chi connectivity index (χ1) is 20.6. The number of benzene rings is 3. The molecule has 2 aliphatic rings. The summed E-state index contributed by atoms with van der Waals surface area (Å²) < 4.78 is 0. The number of hydrogen-bond acceptors (Lipinski definition) is 5. The summed E-state index contributed by atoms with van der Waals surface area (Å²) in [7, 11) is 0. The van der Waals surface area contributed by atoms with Crippen LogP contribution >= 0.6 is 11.6 Å². The lowest BCUT2D eigenvalue weighted by Gasteiger charge is -2.41. The number of nitrogens with one attached hydrogen (secondary N) is 1. The Morgan fingerprint density at radius 2 is 1.60 bits per heavy atom. The second-order valence-corrected chi connectivity index (χ2v) is 11.1. The lowest BCUT2D eigenvalue weighted by atomic mass is 9.95. The van der Waals surface area contributed by atoms with E-state index in [0.717, 1.165) is 23.4 Å². The maximum absolute atomic E-state index is 14.2. The van der Waals surface area contributed by atoms with E-state index >= 15 is 0 Å². The van der Waals surface area contributed by atoms with Crippen LogP contribution in [0.3, 0.4) is 0 Å². The molecule has 1 atom stereocenters. The number of carbonyl (C=O) groups is 2. The van der Waals surface area contributed by atoms with Gasteiger partial charge in [-0.2, -0.15) is 0 Å². The zero-order chi connectivity index (χ0) is 28.9. The Hall–Kier alpha value is -4.20. The molecule has 213 valence electrons. The summed E-state index contributed by atoms with van der Waals surface area (Å²) in [5, 5.41) is 3.72. The van der Waals surface area contributed by atoms with Crippen molar-refractivity contribution in [3.63, 3.8) is 0 Å². The predicted octanol–water partition coefficient (Wildman–Crippen LogP) is 5.47. The number of pyridine rings is 1. The molecule has 6 rings (SSSR count). The molecule has 1 saturated heterocycles. The summed E-state index contributed by atoms with van der Waals surface area (Å²) in [5.41, 5.74) is 5.72. The molecule has 0 aliphatic carbocycles. The molecule has 0 unspecified atom stereocenters. The minimum absolute atomic E-state index is 0.114. The molecule has 4 aromatic rings. The van der Waals surface area contributed by atoms with Crippen molar-refractivity contribution < 1.29 is 9.59 Å². The molecule has 7 nitrogen and oxygen atoms in total. The number of fused-ring (bicyclic) bond motifs is 1. The molecule has 2 aliphatic heterocycles. The number of rotatable bonds is 7. The Labute approximate surface area is 251 Å². The van der Waals surface area contributed by atoms with Gasteiger partial charge in [0.15, 0.2) is 0 Å². The molecule has 3 aromatic carbocycles. The van der Waals surface area contributed by atoms with E-state index in [-0.39, 0.29) is 17.9 Å². The number of nitrogens with zero attached hydrogens (tertiary/aromatic N) is 4. The third-order valence-electron chi connectivity index (χ3n) is 8.08. The van der Waals surface area contributed by atoms with Gasteiger partial charge in [-0.3, -0.25) is 19.5 Å². The summed E-state index contributed by atoms with van der Waals surface area (Å²) in [6, 6.07) is 27.2. The van der Waals surface area contributed by atoms with Crippen molar-refractivity contribution in [2.45, 2.75) is 25.4 Å². The summed E-state index contributed by atoms with van der Waals surface area (Å²) in [4.78, 5) is 37.5. The molecule has 1 aromatic heterocycles. The van der Waals surface area contributed by atoms with Crippen LogP contribution in [0.15, 0.2) is 97.3 Å². The van der Waals surface area contributed by atoms with Gasteiger partial charge in [-0.1, -0.05) is 66.2 Å². The Kier molecular flexibility index (Phi) is 8.49. The Balaban J connectivity index is 1.17. The Morgan fingerprint density at radius 1 is 0.857 bits per heavy atom. The monoisotopic (exact) mass is 578 g/mol. The summed E-state index contributed by atoms with van der Waals surface area (Å²) in [6.07, 6.45) is 4.55. The Bertz CT molecular complexity index is 1550. The van der Waals surface area contributed by atoms with Gasteiger partial charge < -0.3 is 15.1 Å². The molecule has 3 heterocycles. The second-order valence-electron chi connectivity index (χ2n) is 10.7. The molecule has 1 N–H and O–H groups in total. The smallest absolute Gasteiger partial charge is 0.257 e. The molecule has 0 bridgehead atoms. The number of hydrogen-bond donors (Lipinski definition) is 1. The minimum Gasteiger partial charge on any atom is -0.366 e. The van der Waals surface area contributed by atoms with Gasteiger partial charge in [0, 0.05) is 56.7 Å². The molecular weight excluding hydrogens is 546 g/mol. The summed E-state index contributed by atoms with van der Waals surface area (Å²) >= 11 is 6.56. The van der Waals surface area contributed by atoms with Gasteiger partial charge in [0.05, 0.1) is 23.0 Å². The number of para-hydroxylation sites is 2. The zero-order valence-electron chi connectivity index (χ0n) is 23.3. The van der Waals surface area contributed by atoms with Crippen LogP contribution in [-0.4, -0.2) is 58.8 Å². The first-order valence-electron chi connectivity index (χ1n) is 14.3. The predicted molar refractivity (Wildman–Crippen MR) is 166 cm³/mol. The van der Waals surface area contributed by atoms with Crippen LogP contribution in [0.4, 0.5) is 11.4 Å². The molecule has 0 saturated carbocycles. The molecule has 0 spiro atoms. The van der Waals surface area contributed by atoms with E-state index in [9.17, 15) is 9.59 Å². The minimum atomic E-state index is -0.351.